The fourth-order valence-corrected chi connectivity index (χ4v) is 7.30. The highest BCUT2D eigenvalue weighted by atomic mass is 31.1. The van der Waals surface area contributed by atoms with Crippen LogP contribution in [0.3, 0.4) is 0 Å². The van der Waals surface area contributed by atoms with Crippen molar-refractivity contribution >= 4 is 19.5 Å². The van der Waals surface area contributed by atoms with E-state index >= 15 is 0 Å². The molecule has 0 aromatic carbocycles. The molecule has 4 unspecified atom stereocenters. The molecule has 3 heteroatoms. The summed E-state index contributed by atoms with van der Waals surface area (Å²) in [4.78, 5) is 23.8. The Kier molecular flexibility index (Phi) is 10.6. The van der Waals surface area contributed by atoms with Crippen molar-refractivity contribution < 1.29 is 9.59 Å². The Morgan fingerprint density at radius 3 is 2.08 bits per heavy atom. The van der Waals surface area contributed by atoms with Crippen LogP contribution >= 0.6 is 7.92 Å². The Balaban J connectivity index is 0.00000254. The summed E-state index contributed by atoms with van der Waals surface area (Å²) in [5, 5.41) is 0. The van der Waals surface area contributed by atoms with E-state index in [1.165, 1.54) is 25.9 Å². The molecule has 0 N–H and O–H groups in total. The first-order chi connectivity index (χ1) is 11.1. The minimum Gasteiger partial charge on any atom is -0.291 e. The zero-order valence-electron chi connectivity index (χ0n) is 17.6. The fourth-order valence-electron chi connectivity index (χ4n) is 3.43. The summed E-state index contributed by atoms with van der Waals surface area (Å²) in [6.45, 7) is 19.2. The number of hydrogen-bond acceptors (Lipinski definition) is 2. The minimum atomic E-state index is -0.240. The molecule has 0 radical (unpaired) electrons. The van der Waals surface area contributed by atoms with Gasteiger partial charge in [0.1, 0.15) is 0 Å². The van der Waals surface area contributed by atoms with Crippen LogP contribution in [0.5, 0.6) is 0 Å². The zero-order chi connectivity index (χ0) is 19.1. The third-order valence-electron chi connectivity index (χ3n) is 5.35. The third-order valence-corrected chi connectivity index (χ3v) is 8.72. The first kappa shape index (κ1) is 23.8. The molecule has 1 fully saturated rings. The fraction of sp³-hybridized carbons (Fsp3) is 0.905. The topological polar surface area (TPSA) is 34.1 Å². The quantitative estimate of drug-likeness (QED) is 0.340. The van der Waals surface area contributed by atoms with Gasteiger partial charge >= 0.3 is 0 Å². The van der Waals surface area contributed by atoms with Crippen LogP contribution in [-0.4, -0.2) is 29.0 Å². The molecule has 1 aliphatic rings. The molecule has 0 spiro atoms. The molecule has 0 aromatic heterocycles. The van der Waals surface area contributed by atoms with E-state index in [4.69, 9.17) is 0 Å². The van der Waals surface area contributed by atoms with Crippen molar-refractivity contribution in [3.63, 3.8) is 0 Å². The van der Waals surface area contributed by atoms with Gasteiger partial charge in [-0.1, -0.05) is 76.2 Å². The Morgan fingerprint density at radius 1 is 1.17 bits per heavy atom. The smallest absolute Gasteiger partial charge is 0.201 e. The van der Waals surface area contributed by atoms with E-state index in [1.54, 1.807) is 0 Å². The van der Waals surface area contributed by atoms with Crippen molar-refractivity contribution in [1.29, 1.82) is 0 Å². The molecule has 0 aliphatic carbocycles. The molecule has 1 rings (SSSR count). The maximum atomic E-state index is 12.3. The van der Waals surface area contributed by atoms with Crippen LogP contribution in [0, 0.1) is 17.3 Å². The summed E-state index contributed by atoms with van der Waals surface area (Å²) in [5.41, 5.74) is 1.65. The lowest BCUT2D eigenvalue weighted by Crippen LogP contribution is -2.27. The van der Waals surface area contributed by atoms with Crippen molar-refractivity contribution in [1.82, 2.24) is 0 Å². The maximum Gasteiger partial charge on any atom is 0.201 e. The van der Waals surface area contributed by atoms with Crippen LogP contribution in [0.2, 0.25) is 0 Å². The summed E-state index contributed by atoms with van der Waals surface area (Å²) in [7, 11) is -0.0680. The highest BCUT2D eigenvalue weighted by Crippen LogP contribution is 2.69. The van der Waals surface area contributed by atoms with Crippen LogP contribution in [0.25, 0.3) is 0 Å². The number of hydrogen-bond donors (Lipinski definition) is 0. The number of Topliss-reactive ketones (excluding diaryl/α,β-unsaturated/α-hetero) is 2. The van der Waals surface area contributed by atoms with Gasteiger partial charge in [-0.2, -0.15) is 0 Å². The highest BCUT2D eigenvalue weighted by Gasteiger charge is 2.50. The van der Waals surface area contributed by atoms with Gasteiger partial charge in [0.15, 0.2) is 5.78 Å². The molecule has 1 saturated heterocycles. The maximum absolute atomic E-state index is 12.3. The van der Waals surface area contributed by atoms with Gasteiger partial charge in [0.2, 0.25) is 5.78 Å². The lowest BCUT2D eigenvalue weighted by atomic mass is 9.83. The lowest BCUT2D eigenvalue weighted by molar-refractivity contribution is -0.137. The Labute approximate surface area is 152 Å². The van der Waals surface area contributed by atoms with E-state index in [2.05, 4.69) is 41.5 Å². The molecule has 0 bridgehead atoms. The number of carbonyl (C=O) groups is 2. The molecular weight excluding hydrogens is 315 g/mol. The lowest BCUT2D eigenvalue weighted by Gasteiger charge is -2.32. The zero-order valence-corrected chi connectivity index (χ0v) is 18.5. The SMILES string of the molecule is CC.CCCC(C(=O)C(C)=O)C1CP1C(CC(C)(C)CC)C(C)C. The van der Waals surface area contributed by atoms with E-state index in [1.807, 2.05) is 13.8 Å². The van der Waals surface area contributed by atoms with Gasteiger partial charge in [0, 0.05) is 12.8 Å². The van der Waals surface area contributed by atoms with E-state index < -0.39 is 0 Å². The minimum absolute atomic E-state index is 0.0135. The van der Waals surface area contributed by atoms with Crippen molar-refractivity contribution in [3.8, 4) is 0 Å². The molecule has 1 aliphatic heterocycles. The number of ketones is 2. The second-order valence-electron chi connectivity index (χ2n) is 8.11. The number of rotatable bonds is 10. The monoisotopic (exact) mass is 356 g/mol. The van der Waals surface area contributed by atoms with Gasteiger partial charge in [-0.15, -0.1) is 0 Å². The first-order valence-corrected chi connectivity index (χ1v) is 11.6. The van der Waals surface area contributed by atoms with Crippen molar-refractivity contribution in [3.05, 3.63) is 0 Å². The highest BCUT2D eigenvalue weighted by molar-refractivity contribution is 7.67. The van der Waals surface area contributed by atoms with E-state index in [-0.39, 0.29) is 25.4 Å². The average Bonchev–Trinajstić information content (AvgIpc) is 3.31. The predicted molar refractivity (Wildman–Crippen MR) is 108 cm³/mol. The van der Waals surface area contributed by atoms with Crippen molar-refractivity contribution in [2.75, 3.05) is 6.16 Å². The Bertz CT molecular complexity index is 401. The van der Waals surface area contributed by atoms with Crippen LogP contribution in [0.4, 0.5) is 0 Å². The van der Waals surface area contributed by atoms with E-state index in [0.29, 0.717) is 17.0 Å². The summed E-state index contributed by atoms with van der Waals surface area (Å²) >= 11 is 0. The standard InChI is InChI=1S/C19H35O2P.C2H6/c1-8-10-15(18(21)14(5)20)17-12-22(17)16(13(3)4)11-19(6,7)9-2;1-2/h13,15-17H,8-12H2,1-7H3;1-2H3. The molecule has 142 valence electrons. The van der Waals surface area contributed by atoms with Crippen LogP contribution < -0.4 is 0 Å². The first-order valence-electron chi connectivity index (χ1n) is 9.95. The third kappa shape index (κ3) is 6.95. The second-order valence-corrected chi connectivity index (χ2v) is 10.8. The van der Waals surface area contributed by atoms with Gasteiger partial charge in [-0.25, -0.2) is 0 Å². The van der Waals surface area contributed by atoms with Crippen molar-refractivity contribution in [2.45, 2.75) is 99.3 Å². The van der Waals surface area contributed by atoms with Crippen LogP contribution in [0.1, 0.15) is 88.0 Å². The van der Waals surface area contributed by atoms with Gasteiger partial charge in [-0.3, -0.25) is 9.59 Å². The van der Waals surface area contributed by atoms with Gasteiger partial charge in [-0.05, 0) is 41.7 Å². The summed E-state index contributed by atoms with van der Waals surface area (Å²) in [6, 6.07) is 0. The van der Waals surface area contributed by atoms with Gasteiger partial charge < -0.3 is 0 Å². The van der Waals surface area contributed by atoms with E-state index in [0.717, 1.165) is 18.5 Å². The molecule has 0 aromatic rings. The second kappa shape index (κ2) is 10.7. The van der Waals surface area contributed by atoms with Crippen LogP contribution in [0.15, 0.2) is 0 Å². The molecular formula is C21H41O2P. The Hall–Kier alpha value is -0.230. The summed E-state index contributed by atoms with van der Waals surface area (Å²) in [5.74, 6) is 0.348. The molecule has 0 amide bonds. The van der Waals surface area contributed by atoms with E-state index in [9.17, 15) is 9.59 Å². The predicted octanol–water partition coefficient (Wildman–Crippen LogP) is 6.30. The molecule has 0 saturated carbocycles. The Morgan fingerprint density at radius 2 is 1.71 bits per heavy atom. The molecule has 1 heterocycles. The van der Waals surface area contributed by atoms with Gasteiger partial charge in [0.25, 0.3) is 0 Å². The summed E-state index contributed by atoms with van der Waals surface area (Å²) in [6.07, 6.45) is 5.56. The largest absolute Gasteiger partial charge is 0.291 e. The summed E-state index contributed by atoms with van der Waals surface area (Å²) < 4.78 is 0. The average molecular weight is 357 g/mol. The van der Waals surface area contributed by atoms with Gasteiger partial charge in [0.05, 0.1) is 0 Å². The molecule has 4 atom stereocenters. The van der Waals surface area contributed by atoms with Crippen LogP contribution in [-0.2, 0) is 9.59 Å². The van der Waals surface area contributed by atoms with Crippen molar-refractivity contribution in [2.24, 2.45) is 17.3 Å². The normalized spacial score (nSPS) is 22.4. The molecule has 2 nitrogen and oxygen atoms in total. The molecule has 24 heavy (non-hydrogen) atoms. The number of carbonyl (C=O) groups excluding carboxylic acids is 2.